The number of hydrogen-bond donors (Lipinski definition) is 0. The molecular formula is C38H48FN9O4. The first-order valence-electron chi connectivity index (χ1n) is 18.4. The Labute approximate surface area is 303 Å². The highest BCUT2D eigenvalue weighted by Gasteiger charge is 2.35. The van der Waals surface area contributed by atoms with Crippen molar-refractivity contribution in [3.8, 4) is 11.1 Å². The summed E-state index contributed by atoms with van der Waals surface area (Å²) < 4.78 is 32.3. The summed E-state index contributed by atoms with van der Waals surface area (Å²) in [5, 5.41) is 5.26. The smallest absolute Gasteiger partial charge is 0.410 e. The Kier molecular flexibility index (Phi) is 8.75. The Morgan fingerprint density at radius 3 is 2.42 bits per heavy atom. The van der Waals surface area contributed by atoms with Crippen molar-refractivity contribution in [2.45, 2.75) is 65.1 Å². The summed E-state index contributed by atoms with van der Waals surface area (Å²) in [6.45, 7) is 13.2. The lowest BCUT2D eigenvalue weighted by molar-refractivity contribution is -0.129. The number of carbonyl (C=O) groups excluding carboxylic acids is 2. The molecule has 4 aliphatic heterocycles. The summed E-state index contributed by atoms with van der Waals surface area (Å²) in [5.74, 6) is 0.504. The molecule has 4 aliphatic rings. The fraction of sp³-hybridized carbons (Fsp3) is 0.526. The van der Waals surface area contributed by atoms with Crippen molar-refractivity contribution in [3.63, 3.8) is 0 Å². The topological polar surface area (TPSA) is 104 Å². The molecule has 13 nitrogen and oxygen atoms in total. The van der Waals surface area contributed by atoms with Gasteiger partial charge in [0.2, 0.25) is 5.91 Å². The predicted molar refractivity (Wildman–Crippen MR) is 197 cm³/mol. The molecule has 0 radical (unpaired) electrons. The van der Waals surface area contributed by atoms with Gasteiger partial charge in [0.05, 0.1) is 29.6 Å². The molecular weight excluding hydrogens is 665 g/mol. The molecule has 0 aliphatic carbocycles. The number of likely N-dealkylation sites (N-methyl/N-ethyl adjacent to an activating group) is 1. The third-order valence-electron chi connectivity index (χ3n) is 10.8. The van der Waals surface area contributed by atoms with Crippen LogP contribution in [-0.4, -0.2) is 113 Å². The average Bonchev–Trinajstić information content (AvgIpc) is 3.75. The molecule has 1 aromatic carbocycles. The maximum Gasteiger partial charge on any atom is 0.410 e. The summed E-state index contributed by atoms with van der Waals surface area (Å²) in [5.41, 5.74) is 6.12. The van der Waals surface area contributed by atoms with Crippen LogP contribution in [0.4, 0.5) is 32.1 Å². The number of fused-ring (bicyclic) bond motifs is 3. The number of carbonyl (C=O) groups is 2. The van der Waals surface area contributed by atoms with Crippen LogP contribution in [0.25, 0.3) is 16.8 Å². The summed E-state index contributed by atoms with van der Waals surface area (Å²) in [7, 11) is 2.04. The first kappa shape index (κ1) is 34.2. The van der Waals surface area contributed by atoms with Crippen LogP contribution in [0.2, 0.25) is 0 Å². The van der Waals surface area contributed by atoms with E-state index in [2.05, 4.69) is 24.4 Å². The highest BCUT2D eigenvalue weighted by molar-refractivity contribution is 5.89. The van der Waals surface area contributed by atoms with Gasteiger partial charge in [-0.1, -0.05) is 0 Å². The van der Waals surface area contributed by atoms with E-state index in [1.165, 1.54) is 5.69 Å². The van der Waals surface area contributed by atoms with Crippen LogP contribution in [0, 0.1) is 5.82 Å². The van der Waals surface area contributed by atoms with E-state index in [1.54, 1.807) is 24.1 Å². The molecule has 0 unspecified atom stereocenters. The zero-order valence-corrected chi connectivity index (χ0v) is 30.8. The van der Waals surface area contributed by atoms with Crippen LogP contribution in [0.1, 0.15) is 57.8 Å². The standard InChI is InChI=1S/C38H48FN9O4/c1-25(49)45-10-6-31-29(23-45)36(41-48(31)26-7-18-51-19-8-26)47-17-12-42(5)32-20-27(30(39)22-33(32)47)28-21-35-40-9-11-46(35)24-34(28)43-13-15-44(16-14-43)37(50)52-38(2,3)4/h9,11,20-22,24,26H,6-8,10,12-19,23H2,1-5H3. The molecule has 52 heavy (non-hydrogen) atoms. The monoisotopic (exact) mass is 713 g/mol. The van der Waals surface area contributed by atoms with Gasteiger partial charge in [-0.2, -0.15) is 5.10 Å². The van der Waals surface area contributed by atoms with Crippen molar-refractivity contribution in [1.82, 2.24) is 29.0 Å². The second-order valence-electron chi connectivity index (χ2n) is 15.3. The zero-order chi connectivity index (χ0) is 36.3. The number of anilines is 4. The van der Waals surface area contributed by atoms with Crippen molar-refractivity contribution in [2.24, 2.45) is 0 Å². The molecule has 0 spiro atoms. The van der Waals surface area contributed by atoms with Gasteiger partial charge in [-0.25, -0.2) is 14.2 Å². The normalized spacial score (nSPS) is 18.5. The number of imidazole rings is 1. The summed E-state index contributed by atoms with van der Waals surface area (Å²) >= 11 is 0. The second kappa shape index (κ2) is 13.3. The number of amides is 2. The molecule has 2 saturated heterocycles. The molecule has 2 amide bonds. The largest absolute Gasteiger partial charge is 0.444 e. The molecule has 0 atom stereocenters. The third kappa shape index (κ3) is 6.30. The summed E-state index contributed by atoms with van der Waals surface area (Å²) in [4.78, 5) is 40.0. The SMILES string of the molecule is CC(=O)N1CCc2c(c(N3CCN(C)c4cc(-c5cc6nccn6cc5N5CCN(C(=O)OC(C)(C)C)CC5)c(F)cc43)nn2C2CCOCC2)C1. The minimum absolute atomic E-state index is 0.0429. The Morgan fingerprint density at radius 2 is 1.69 bits per heavy atom. The van der Waals surface area contributed by atoms with E-state index in [1.807, 2.05) is 61.6 Å². The summed E-state index contributed by atoms with van der Waals surface area (Å²) in [6, 6.07) is 5.78. The number of halogens is 1. The van der Waals surface area contributed by atoms with Crippen LogP contribution < -0.4 is 14.7 Å². The van der Waals surface area contributed by atoms with E-state index in [0.717, 1.165) is 58.9 Å². The number of piperazine rings is 1. The maximum absolute atomic E-state index is 16.8. The lowest BCUT2D eigenvalue weighted by Crippen LogP contribution is -2.50. The highest BCUT2D eigenvalue weighted by atomic mass is 19.1. The second-order valence-corrected chi connectivity index (χ2v) is 15.3. The molecule has 0 bridgehead atoms. The van der Waals surface area contributed by atoms with Crippen molar-refractivity contribution in [1.29, 1.82) is 0 Å². The van der Waals surface area contributed by atoms with Gasteiger partial charge in [0.25, 0.3) is 0 Å². The third-order valence-corrected chi connectivity index (χ3v) is 10.8. The number of ether oxygens (including phenoxy) is 2. The number of nitrogens with zero attached hydrogens (tertiary/aromatic N) is 9. The Balaban J connectivity index is 1.17. The number of hydrogen-bond acceptors (Lipinski definition) is 9. The van der Waals surface area contributed by atoms with E-state index in [9.17, 15) is 9.59 Å². The van der Waals surface area contributed by atoms with Crippen molar-refractivity contribution < 1.29 is 23.5 Å². The highest BCUT2D eigenvalue weighted by Crippen LogP contribution is 2.45. The quantitative estimate of drug-likeness (QED) is 0.281. The van der Waals surface area contributed by atoms with E-state index in [4.69, 9.17) is 14.6 Å². The minimum Gasteiger partial charge on any atom is -0.444 e. The van der Waals surface area contributed by atoms with Crippen LogP contribution >= 0.6 is 0 Å². The zero-order valence-electron chi connectivity index (χ0n) is 30.8. The molecule has 14 heteroatoms. The van der Waals surface area contributed by atoms with Crippen molar-refractivity contribution in [2.75, 3.05) is 80.8 Å². The van der Waals surface area contributed by atoms with Crippen molar-refractivity contribution >= 4 is 40.5 Å². The molecule has 276 valence electrons. The maximum atomic E-state index is 16.8. The number of pyridine rings is 1. The van der Waals surface area contributed by atoms with E-state index < -0.39 is 5.60 Å². The first-order valence-corrected chi connectivity index (χ1v) is 18.4. The lowest BCUT2D eigenvalue weighted by atomic mass is 9.99. The van der Waals surface area contributed by atoms with Gasteiger partial charge in [0, 0.05) is 126 Å². The number of rotatable bonds is 4. The number of benzene rings is 1. The molecule has 8 rings (SSSR count). The van der Waals surface area contributed by atoms with Crippen molar-refractivity contribution in [3.05, 3.63) is 53.9 Å². The Hall–Kier alpha value is -4.85. The lowest BCUT2D eigenvalue weighted by Gasteiger charge is -2.38. The van der Waals surface area contributed by atoms with Crippen LogP contribution in [0.3, 0.4) is 0 Å². The molecule has 3 aromatic heterocycles. The molecule has 7 heterocycles. The van der Waals surface area contributed by atoms with Gasteiger partial charge in [-0.05, 0) is 45.7 Å². The molecule has 0 saturated carbocycles. The van der Waals surface area contributed by atoms with Gasteiger partial charge in [0.15, 0.2) is 5.82 Å². The van der Waals surface area contributed by atoms with E-state index in [0.29, 0.717) is 71.1 Å². The van der Waals surface area contributed by atoms with Crippen LogP contribution in [-0.2, 0) is 27.2 Å². The Morgan fingerprint density at radius 1 is 0.923 bits per heavy atom. The van der Waals surface area contributed by atoms with Gasteiger partial charge < -0.3 is 38.4 Å². The first-order chi connectivity index (χ1) is 24.9. The fourth-order valence-corrected chi connectivity index (χ4v) is 8.01. The fourth-order valence-electron chi connectivity index (χ4n) is 8.01. The van der Waals surface area contributed by atoms with Gasteiger partial charge >= 0.3 is 6.09 Å². The predicted octanol–water partition coefficient (Wildman–Crippen LogP) is 5.24. The Bertz CT molecular complexity index is 2000. The molecule has 2 fully saturated rings. The van der Waals surface area contributed by atoms with Crippen LogP contribution in [0.5, 0.6) is 0 Å². The average molecular weight is 714 g/mol. The van der Waals surface area contributed by atoms with Gasteiger partial charge in [-0.3, -0.25) is 9.48 Å². The molecule has 4 aromatic rings. The van der Waals surface area contributed by atoms with Crippen LogP contribution in [0.15, 0.2) is 36.8 Å². The van der Waals surface area contributed by atoms with E-state index in [-0.39, 0.29) is 23.9 Å². The summed E-state index contributed by atoms with van der Waals surface area (Å²) in [6.07, 6.45) is 7.83. The molecule has 0 N–H and O–H groups in total. The minimum atomic E-state index is -0.570. The number of aromatic nitrogens is 4. The van der Waals surface area contributed by atoms with E-state index >= 15 is 4.39 Å². The van der Waals surface area contributed by atoms with Gasteiger partial charge in [-0.15, -0.1) is 0 Å². The van der Waals surface area contributed by atoms with Gasteiger partial charge in [0.1, 0.15) is 17.1 Å².